The Hall–Kier alpha value is -1.34. The molecule has 0 saturated carbocycles. The summed E-state index contributed by atoms with van der Waals surface area (Å²) in [5.41, 5.74) is 0. The fraction of sp³-hybridized carbons (Fsp3) is 0.333. The van der Waals surface area contributed by atoms with Crippen molar-refractivity contribution in [2.24, 2.45) is 4.99 Å². The van der Waals surface area contributed by atoms with E-state index in [4.69, 9.17) is 10.00 Å². The van der Waals surface area contributed by atoms with Crippen molar-refractivity contribution in [1.82, 2.24) is 0 Å². The van der Waals surface area contributed by atoms with Gasteiger partial charge in [-0.2, -0.15) is 5.26 Å². The molecule has 1 aromatic heterocycles. The van der Waals surface area contributed by atoms with Gasteiger partial charge in [-0.15, -0.1) is 16.3 Å². The van der Waals surface area contributed by atoms with Gasteiger partial charge in [0.05, 0.1) is 13.0 Å². The molecule has 0 amide bonds. The van der Waals surface area contributed by atoms with Gasteiger partial charge in [0.15, 0.2) is 0 Å². The zero-order valence-electron chi connectivity index (χ0n) is 7.36. The molecule has 1 heterocycles. The van der Waals surface area contributed by atoms with Crippen LogP contribution in [-0.2, 0) is 11.2 Å². The predicted molar refractivity (Wildman–Crippen MR) is 52.7 cm³/mol. The van der Waals surface area contributed by atoms with Gasteiger partial charge in [-0.05, 0) is 18.4 Å². The highest BCUT2D eigenvalue weighted by Crippen LogP contribution is 2.10. The number of hydrogen-bond acceptors (Lipinski definition) is 4. The second-order valence-electron chi connectivity index (χ2n) is 2.29. The lowest BCUT2D eigenvalue weighted by Gasteiger charge is -2.02. The molecule has 4 heteroatoms. The predicted octanol–water partition coefficient (Wildman–Crippen LogP) is 2.21. The molecule has 1 aromatic rings. The Morgan fingerprint density at radius 3 is 3.15 bits per heavy atom. The summed E-state index contributed by atoms with van der Waals surface area (Å²) in [4.78, 5) is 4.75. The monoisotopic (exact) mass is 194 g/mol. The van der Waals surface area contributed by atoms with Crippen molar-refractivity contribution in [3.05, 3.63) is 22.4 Å². The summed E-state index contributed by atoms with van der Waals surface area (Å²) < 4.78 is 5.19. The average molecular weight is 194 g/mol. The van der Waals surface area contributed by atoms with Gasteiger partial charge in [-0.3, -0.25) is 0 Å². The Labute approximate surface area is 81.3 Å². The average Bonchev–Trinajstić information content (AvgIpc) is 2.58. The van der Waals surface area contributed by atoms with E-state index in [9.17, 15) is 0 Å². The first kappa shape index (κ1) is 9.75. The summed E-state index contributed by atoms with van der Waals surface area (Å²) in [5, 5.41) is 10.4. The zero-order valence-corrected chi connectivity index (χ0v) is 8.17. The minimum atomic E-state index is 0.493. The van der Waals surface area contributed by atoms with Gasteiger partial charge in [-0.1, -0.05) is 6.07 Å². The number of ether oxygens (including phenoxy) is 1. The first-order valence-corrected chi connectivity index (χ1v) is 4.85. The van der Waals surface area contributed by atoms with Crippen LogP contribution in [0.4, 0.5) is 0 Å². The summed E-state index contributed by atoms with van der Waals surface area (Å²) in [5.74, 6) is 0.493. The smallest absolute Gasteiger partial charge is 0.208 e. The van der Waals surface area contributed by atoms with Crippen LogP contribution in [0.3, 0.4) is 0 Å². The van der Waals surface area contributed by atoms with Crippen LogP contribution in [0.15, 0.2) is 22.5 Å². The molecule has 0 N–H and O–H groups in total. The van der Waals surface area contributed by atoms with Crippen LogP contribution in [0.2, 0.25) is 0 Å². The van der Waals surface area contributed by atoms with Crippen molar-refractivity contribution < 1.29 is 4.74 Å². The highest BCUT2D eigenvalue weighted by atomic mass is 32.1. The Balaban J connectivity index is 2.59. The Morgan fingerprint density at radius 2 is 2.62 bits per heavy atom. The van der Waals surface area contributed by atoms with E-state index >= 15 is 0 Å². The Kier molecular flexibility index (Phi) is 4.00. The largest absolute Gasteiger partial charge is 0.480 e. The van der Waals surface area contributed by atoms with Gasteiger partial charge < -0.3 is 4.74 Å². The lowest BCUT2D eigenvalue weighted by atomic mass is 10.3. The molecule has 0 aliphatic heterocycles. The molecule has 0 bridgehead atoms. The number of rotatable bonds is 3. The van der Waals surface area contributed by atoms with Crippen molar-refractivity contribution in [3.8, 4) is 6.19 Å². The lowest BCUT2D eigenvalue weighted by Crippen LogP contribution is -2.06. The van der Waals surface area contributed by atoms with Crippen molar-refractivity contribution in [3.63, 3.8) is 0 Å². The number of nitrogens with zero attached hydrogens (tertiary/aromatic N) is 2. The molecule has 0 aliphatic carbocycles. The Morgan fingerprint density at radius 1 is 1.77 bits per heavy atom. The van der Waals surface area contributed by atoms with E-state index in [0.717, 1.165) is 4.88 Å². The van der Waals surface area contributed by atoms with Crippen LogP contribution in [-0.4, -0.2) is 12.5 Å². The van der Waals surface area contributed by atoms with Crippen LogP contribution in [0, 0.1) is 11.5 Å². The molecule has 0 atom stereocenters. The highest BCUT2D eigenvalue weighted by molar-refractivity contribution is 7.10. The molecule has 0 radical (unpaired) electrons. The minimum Gasteiger partial charge on any atom is -0.480 e. The molecule has 0 saturated heterocycles. The molecule has 0 unspecified atom stereocenters. The summed E-state index contributed by atoms with van der Waals surface area (Å²) in [6.07, 6.45) is 2.34. The molecular weight excluding hydrogens is 184 g/mol. The van der Waals surface area contributed by atoms with Crippen molar-refractivity contribution in [1.29, 1.82) is 5.26 Å². The Bertz CT molecular complexity index is 311. The number of hydrogen-bond donors (Lipinski definition) is 0. The first-order valence-electron chi connectivity index (χ1n) is 3.97. The van der Waals surface area contributed by atoms with E-state index in [-0.39, 0.29) is 0 Å². The molecule has 0 fully saturated rings. The maximum atomic E-state index is 8.38. The molecule has 13 heavy (non-hydrogen) atoms. The van der Waals surface area contributed by atoms with E-state index in [0.29, 0.717) is 18.9 Å². The van der Waals surface area contributed by atoms with Gasteiger partial charge in [0.25, 0.3) is 0 Å². The second-order valence-corrected chi connectivity index (χ2v) is 3.33. The third-order valence-electron chi connectivity index (χ3n) is 1.39. The molecular formula is C9H10N2OS. The SMILES string of the molecule is CCOC(Cc1cccs1)=NC#N. The number of thiophene rings is 1. The molecule has 0 aliphatic rings. The summed E-state index contributed by atoms with van der Waals surface area (Å²) in [6, 6.07) is 3.96. The molecule has 0 spiro atoms. The van der Waals surface area contributed by atoms with Crippen molar-refractivity contribution >= 4 is 17.2 Å². The van der Waals surface area contributed by atoms with E-state index in [2.05, 4.69) is 4.99 Å². The lowest BCUT2D eigenvalue weighted by molar-refractivity contribution is 0.320. The van der Waals surface area contributed by atoms with Crippen LogP contribution in [0.1, 0.15) is 11.8 Å². The molecule has 1 rings (SSSR count). The second kappa shape index (κ2) is 5.33. The van der Waals surface area contributed by atoms with Gasteiger partial charge in [0.2, 0.25) is 12.1 Å². The fourth-order valence-electron chi connectivity index (χ4n) is 0.907. The van der Waals surface area contributed by atoms with Gasteiger partial charge in [0.1, 0.15) is 0 Å². The van der Waals surface area contributed by atoms with E-state index in [1.54, 1.807) is 17.5 Å². The summed E-state index contributed by atoms with van der Waals surface area (Å²) >= 11 is 1.63. The minimum absolute atomic E-state index is 0.493. The quantitative estimate of drug-likeness (QED) is 0.420. The van der Waals surface area contributed by atoms with E-state index in [1.807, 2.05) is 24.4 Å². The van der Waals surface area contributed by atoms with Gasteiger partial charge >= 0.3 is 0 Å². The van der Waals surface area contributed by atoms with Crippen LogP contribution >= 0.6 is 11.3 Å². The first-order chi connectivity index (χ1) is 6.36. The maximum Gasteiger partial charge on any atom is 0.208 e. The van der Waals surface area contributed by atoms with Gasteiger partial charge in [-0.25, -0.2) is 0 Å². The van der Waals surface area contributed by atoms with Crippen LogP contribution < -0.4 is 0 Å². The summed E-state index contributed by atoms with van der Waals surface area (Å²) in [7, 11) is 0. The van der Waals surface area contributed by atoms with Gasteiger partial charge in [0, 0.05) is 4.88 Å². The fourth-order valence-corrected chi connectivity index (χ4v) is 1.60. The van der Waals surface area contributed by atoms with Crippen LogP contribution in [0.25, 0.3) is 0 Å². The van der Waals surface area contributed by atoms with Crippen LogP contribution in [0.5, 0.6) is 0 Å². The van der Waals surface area contributed by atoms with Crippen molar-refractivity contribution in [2.45, 2.75) is 13.3 Å². The molecule has 0 aromatic carbocycles. The topological polar surface area (TPSA) is 45.4 Å². The number of nitriles is 1. The molecule has 68 valence electrons. The van der Waals surface area contributed by atoms with E-state index in [1.165, 1.54) is 0 Å². The van der Waals surface area contributed by atoms with E-state index < -0.39 is 0 Å². The van der Waals surface area contributed by atoms with Crippen molar-refractivity contribution in [2.75, 3.05) is 6.61 Å². The highest BCUT2D eigenvalue weighted by Gasteiger charge is 2.02. The molecule has 3 nitrogen and oxygen atoms in total. The third kappa shape index (κ3) is 3.26. The zero-order chi connectivity index (χ0) is 9.52. The number of aliphatic imine (C=N–C) groups is 1. The normalized spacial score (nSPS) is 10.9. The maximum absolute atomic E-state index is 8.38. The standard InChI is InChI=1S/C9H10N2OS/c1-2-12-9(11-7-10)6-8-4-3-5-13-8/h3-5H,2,6H2,1H3. The summed E-state index contributed by atoms with van der Waals surface area (Å²) in [6.45, 7) is 2.42. The third-order valence-corrected chi connectivity index (χ3v) is 2.27.